The Morgan fingerprint density at radius 3 is 2.70 bits per heavy atom. The van der Waals surface area contributed by atoms with E-state index in [1.807, 2.05) is 29.2 Å². The first-order valence-corrected chi connectivity index (χ1v) is 7.91. The molecule has 1 unspecified atom stereocenters. The number of rotatable bonds is 5. The molecule has 1 aliphatic heterocycles. The summed E-state index contributed by atoms with van der Waals surface area (Å²) in [5, 5.41) is 9.50. The molecular weight excluding hydrogens is 293 g/mol. The van der Waals surface area contributed by atoms with Crippen LogP contribution >= 0.6 is 0 Å². The van der Waals surface area contributed by atoms with E-state index in [1.54, 1.807) is 12.1 Å². The normalized spacial score (nSPS) is 17.7. The molecule has 0 aromatic heterocycles. The molecule has 0 spiro atoms. The molecule has 1 atom stereocenters. The first-order valence-electron chi connectivity index (χ1n) is 7.91. The van der Waals surface area contributed by atoms with Gasteiger partial charge in [-0.2, -0.15) is 0 Å². The van der Waals surface area contributed by atoms with Gasteiger partial charge >= 0.3 is 5.97 Å². The van der Waals surface area contributed by atoms with Gasteiger partial charge in [0.2, 0.25) is 0 Å². The van der Waals surface area contributed by atoms with Crippen molar-refractivity contribution in [2.24, 2.45) is 0 Å². The smallest absolute Gasteiger partial charge is 0.321 e. The van der Waals surface area contributed by atoms with Gasteiger partial charge in [0, 0.05) is 6.54 Å². The number of benzene rings is 2. The van der Waals surface area contributed by atoms with Crippen LogP contribution in [0.25, 0.3) is 0 Å². The van der Waals surface area contributed by atoms with Crippen molar-refractivity contribution in [1.29, 1.82) is 0 Å². The number of aliphatic carboxylic acids is 1. The zero-order valence-electron chi connectivity index (χ0n) is 12.9. The van der Waals surface area contributed by atoms with Crippen molar-refractivity contribution in [2.75, 3.05) is 6.54 Å². The summed E-state index contributed by atoms with van der Waals surface area (Å²) in [6.45, 7) is 1.36. The van der Waals surface area contributed by atoms with Gasteiger partial charge in [0.05, 0.1) is 0 Å². The molecule has 1 N–H and O–H groups in total. The molecule has 0 aliphatic carbocycles. The first kappa shape index (κ1) is 15.7. The Kier molecular flexibility index (Phi) is 4.72. The van der Waals surface area contributed by atoms with Crippen LogP contribution in [0.1, 0.15) is 23.1 Å². The number of hydrogen-bond acceptors (Lipinski definition) is 2. The molecule has 0 saturated carbocycles. The van der Waals surface area contributed by atoms with E-state index in [1.165, 1.54) is 11.6 Å². The molecular formula is C19H20FNO2. The van der Waals surface area contributed by atoms with E-state index >= 15 is 0 Å². The van der Waals surface area contributed by atoms with Gasteiger partial charge in [-0.15, -0.1) is 0 Å². The predicted octanol–water partition coefficient (Wildman–Crippen LogP) is 3.27. The molecule has 3 nitrogen and oxygen atoms in total. The molecule has 0 bridgehead atoms. The number of carboxylic acids is 1. The lowest BCUT2D eigenvalue weighted by Gasteiger charge is -2.34. The first-order chi connectivity index (χ1) is 11.1. The van der Waals surface area contributed by atoms with Crippen LogP contribution in [0.5, 0.6) is 0 Å². The van der Waals surface area contributed by atoms with Crippen LogP contribution in [-0.2, 0) is 24.2 Å². The average Bonchev–Trinajstić information content (AvgIpc) is 2.54. The fourth-order valence-electron chi connectivity index (χ4n) is 3.23. The largest absolute Gasteiger partial charge is 0.480 e. The molecule has 1 heterocycles. The molecule has 0 fully saturated rings. The number of aryl methyl sites for hydroxylation is 1. The van der Waals surface area contributed by atoms with Crippen molar-refractivity contribution in [3.8, 4) is 0 Å². The molecule has 3 rings (SSSR count). The van der Waals surface area contributed by atoms with Gasteiger partial charge in [0.1, 0.15) is 11.9 Å². The Hall–Kier alpha value is -2.20. The minimum absolute atomic E-state index is 0.224. The van der Waals surface area contributed by atoms with Crippen LogP contribution < -0.4 is 0 Å². The molecule has 4 heteroatoms. The van der Waals surface area contributed by atoms with E-state index in [2.05, 4.69) is 6.07 Å². The van der Waals surface area contributed by atoms with Gasteiger partial charge in [-0.05, 0) is 54.6 Å². The Morgan fingerprint density at radius 2 is 1.96 bits per heavy atom. The number of carbonyl (C=O) groups is 1. The third-order valence-corrected chi connectivity index (χ3v) is 4.43. The van der Waals surface area contributed by atoms with E-state index in [0.29, 0.717) is 19.5 Å². The Bertz CT molecular complexity index is 701. The number of carboxylic acid groups (broad SMARTS) is 1. The second-order valence-electron chi connectivity index (χ2n) is 6.03. The number of fused-ring (bicyclic) bond motifs is 1. The van der Waals surface area contributed by atoms with Crippen molar-refractivity contribution in [3.63, 3.8) is 0 Å². The van der Waals surface area contributed by atoms with Gasteiger partial charge in [-0.25, -0.2) is 4.39 Å². The number of hydrogen-bond donors (Lipinski definition) is 1. The Labute approximate surface area is 135 Å². The molecule has 23 heavy (non-hydrogen) atoms. The summed E-state index contributed by atoms with van der Waals surface area (Å²) < 4.78 is 13.2. The SMILES string of the molecule is O=C(O)C1Cc2ccccc2CN1CCCc1cccc(F)c1. The lowest BCUT2D eigenvalue weighted by Crippen LogP contribution is -2.45. The van der Waals surface area contributed by atoms with Gasteiger partial charge in [-0.3, -0.25) is 9.69 Å². The highest BCUT2D eigenvalue weighted by Crippen LogP contribution is 2.24. The highest BCUT2D eigenvalue weighted by atomic mass is 19.1. The van der Waals surface area contributed by atoms with Crippen molar-refractivity contribution in [2.45, 2.75) is 31.8 Å². The van der Waals surface area contributed by atoms with E-state index in [-0.39, 0.29) is 5.82 Å². The average molecular weight is 313 g/mol. The summed E-state index contributed by atoms with van der Waals surface area (Å²) in [6, 6.07) is 14.1. The lowest BCUT2D eigenvalue weighted by atomic mass is 9.93. The summed E-state index contributed by atoms with van der Waals surface area (Å²) in [5.74, 6) is -0.997. The van der Waals surface area contributed by atoms with Crippen LogP contribution in [0.2, 0.25) is 0 Å². The Balaban J connectivity index is 1.65. The second-order valence-corrected chi connectivity index (χ2v) is 6.03. The van der Waals surface area contributed by atoms with Gasteiger partial charge in [0.25, 0.3) is 0 Å². The maximum atomic E-state index is 13.2. The minimum Gasteiger partial charge on any atom is -0.480 e. The molecule has 1 aliphatic rings. The molecule has 0 radical (unpaired) electrons. The monoisotopic (exact) mass is 313 g/mol. The molecule has 0 amide bonds. The maximum Gasteiger partial charge on any atom is 0.321 e. The third kappa shape index (κ3) is 3.77. The summed E-state index contributed by atoms with van der Waals surface area (Å²) in [7, 11) is 0. The van der Waals surface area contributed by atoms with Crippen LogP contribution in [0.4, 0.5) is 4.39 Å². The molecule has 0 saturated heterocycles. The summed E-state index contributed by atoms with van der Waals surface area (Å²) in [5.41, 5.74) is 3.28. The second kappa shape index (κ2) is 6.92. The standard InChI is InChI=1S/C19H20FNO2/c20-17-9-3-5-14(11-17)6-4-10-21-13-16-8-2-1-7-15(16)12-18(21)19(22)23/h1-3,5,7-9,11,18H,4,6,10,12-13H2,(H,22,23). The van der Waals surface area contributed by atoms with E-state index in [4.69, 9.17) is 0 Å². The number of nitrogens with zero attached hydrogens (tertiary/aromatic N) is 1. The maximum absolute atomic E-state index is 13.2. The molecule has 120 valence electrons. The van der Waals surface area contributed by atoms with Crippen molar-refractivity contribution >= 4 is 5.97 Å². The lowest BCUT2D eigenvalue weighted by molar-refractivity contribution is -0.144. The van der Waals surface area contributed by atoms with Crippen molar-refractivity contribution in [1.82, 2.24) is 4.90 Å². The van der Waals surface area contributed by atoms with Crippen LogP contribution in [0.15, 0.2) is 48.5 Å². The van der Waals surface area contributed by atoms with Gasteiger partial charge < -0.3 is 5.11 Å². The molecule has 2 aromatic rings. The zero-order chi connectivity index (χ0) is 16.2. The zero-order valence-corrected chi connectivity index (χ0v) is 12.9. The van der Waals surface area contributed by atoms with Gasteiger partial charge in [0.15, 0.2) is 0 Å². The summed E-state index contributed by atoms with van der Waals surface area (Å²) in [6.07, 6.45) is 2.11. The van der Waals surface area contributed by atoms with Gasteiger partial charge in [-0.1, -0.05) is 36.4 Å². The molecule has 2 aromatic carbocycles. The predicted molar refractivity (Wildman–Crippen MR) is 86.7 cm³/mol. The van der Waals surface area contributed by atoms with E-state index in [9.17, 15) is 14.3 Å². The summed E-state index contributed by atoms with van der Waals surface area (Å²) in [4.78, 5) is 13.6. The van der Waals surface area contributed by atoms with E-state index < -0.39 is 12.0 Å². The van der Waals surface area contributed by atoms with Crippen LogP contribution in [0.3, 0.4) is 0 Å². The van der Waals surface area contributed by atoms with E-state index in [0.717, 1.165) is 24.0 Å². The Morgan fingerprint density at radius 1 is 1.17 bits per heavy atom. The fourth-order valence-corrected chi connectivity index (χ4v) is 3.23. The highest BCUT2D eigenvalue weighted by Gasteiger charge is 2.30. The van der Waals surface area contributed by atoms with Crippen molar-refractivity contribution < 1.29 is 14.3 Å². The fraction of sp³-hybridized carbons (Fsp3) is 0.316. The van der Waals surface area contributed by atoms with Crippen LogP contribution in [0, 0.1) is 5.82 Å². The summed E-state index contributed by atoms with van der Waals surface area (Å²) >= 11 is 0. The van der Waals surface area contributed by atoms with Crippen LogP contribution in [-0.4, -0.2) is 28.6 Å². The highest BCUT2D eigenvalue weighted by molar-refractivity contribution is 5.74. The topological polar surface area (TPSA) is 40.5 Å². The minimum atomic E-state index is -0.773. The van der Waals surface area contributed by atoms with Crippen molar-refractivity contribution in [3.05, 3.63) is 71.0 Å². The quantitative estimate of drug-likeness (QED) is 0.921. The third-order valence-electron chi connectivity index (χ3n) is 4.43. The number of halogens is 1.